The maximum atomic E-state index is 5.30. The molecule has 0 aromatic heterocycles. The van der Waals surface area contributed by atoms with Gasteiger partial charge in [-0.2, -0.15) is 0 Å². The number of likely N-dealkylation sites (tertiary alicyclic amines) is 1. The maximum absolute atomic E-state index is 5.30. The van der Waals surface area contributed by atoms with Gasteiger partial charge in [0.15, 0.2) is 5.96 Å². The molecule has 6 heteroatoms. The van der Waals surface area contributed by atoms with Crippen LogP contribution >= 0.6 is 0 Å². The number of nitrogens with zero attached hydrogens (tertiary/aromatic N) is 2. The molecule has 0 amide bonds. The van der Waals surface area contributed by atoms with Crippen LogP contribution in [0.5, 0.6) is 5.75 Å². The third-order valence-corrected chi connectivity index (χ3v) is 5.09. The van der Waals surface area contributed by atoms with Crippen molar-refractivity contribution in [3.63, 3.8) is 0 Å². The molecule has 1 aliphatic rings. The first-order chi connectivity index (χ1) is 13.3. The zero-order valence-electron chi connectivity index (χ0n) is 17.2. The normalized spacial score (nSPS) is 16.3. The zero-order valence-corrected chi connectivity index (χ0v) is 17.2. The summed E-state index contributed by atoms with van der Waals surface area (Å²) in [6, 6.07) is 8.79. The summed E-state index contributed by atoms with van der Waals surface area (Å²) in [7, 11) is 5.29. The number of aliphatic imine (C=N–C) groups is 1. The second kappa shape index (κ2) is 12.6. The van der Waals surface area contributed by atoms with Gasteiger partial charge in [-0.05, 0) is 62.9 Å². The Bertz CT molecular complexity index is 542. The Morgan fingerprint density at radius 2 is 1.81 bits per heavy atom. The van der Waals surface area contributed by atoms with E-state index in [0.717, 1.165) is 57.3 Å². The molecule has 1 fully saturated rings. The van der Waals surface area contributed by atoms with Gasteiger partial charge < -0.3 is 20.1 Å². The molecule has 1 unspecified atom stereocenters. The number of ether oxygens (including phenoxy) is 2. The Balaban J connectivity index is 1.86. The van der Waals surface area contributed by atoms with E-state index in [1.165, 1.54) is 24.8 Å². The molecule has 6 nitrogen and oxygen atoms in total. The van der Waals surface area contributed by atoms with Gasteiger partial charge in [-0.1, -0.05) is 12.1 Å². The van der Waals surface area contributed by atoms with E-state index >= 15 is 0 Å². The van der Waals surface area contributed by atoms with Crippen LogP contribution in [-0.2, 0) is 4.74 Å². The first-order valence-corrected chi connectivity index (χ1v) is 10.1. The molecule has 1 atom stereocenters. The third-order valence-electron chi connectivity index (χ3n) is 5.09. The average molecular weight is 377 g/mol. The van der Waals surface area contributed by atoms with Crippen molar-refractivity contribution < 1.29 is 9.47 Å². The van der Waals surface area contributed by atoms with E-state index in [-0.39, 0.29) is 0 Å². The molecule has 27 heavy (non-hydrogen) atoms. The van der Waals surface area contributed by atoms with Crippen molar-refractivity contribution in [2.24, 2.45) is 4.99 Å². The minimum Gasteiger partial charge on any atom is -0.497 e. The van der Waals surface area contributed by atoms with Gasteiger partial charge in [-0.3, -0.25) is 9.89 Å². The standard InChI is InChI=1S/C21H36N4O2/c1-22-21(23-13-5-4-8-16-26-2)24-17-20(25-14-6-7-15-25)18-9-11-19(27-3)12-10-18/h9-12,20H,4-8,13-17H2,1-3H3,(H2,22,23,24). The summed E-state index contributed by atoms with van der Waals surface area (Å²) in [5.41, 5.74) is 1.32. The summed E-state index contributed by atoms with van der Waals surface area (Å²) < 4.78 is 10.4. The van der Waals surface area contributed by atoms with Crippen molar-refractivity contribution in [2.45, 2.75) is 38.1 Å². The van der Waals surface area contributed by atoms with Gasteiger partial charge in [0, 0.05) is 33.9 Å². The molecule has 1 aromatic carbocycles. The summed E-state index contributed by atoms with van der Waals surface area (Å²) in [6.07, 6.45) is 5.96. The van der Waals surface area contributed by atoms with Gasteiger partial charge in [-0.25, -0.2) is 0 Å². The molecule has 0 radical (unpaired) electrons. The SMILES string of the molecule is CN=C(NCCCCCOC)NCC(c1ccc(OC)cc1)N1CCCC1. The van der Waals surface area contributed by atoms with E-state index in [2.05, 4.69) is 32.7 Å². The molecule has 1 aliphatic heterocycles. The lowest BCUT2D eigenvalue weighted by Gasteiger charge is -2.29. The second-order valence-corrected chi connectivity index (χ2v) is 6.97. The maximum Gasteiger partial charge on any atom is 0.191 e. The second-order valence-electron chi connectivity index (χ2n) is 6.97. The number of methoxy groups -OCH3 is 2. The predicted octanol–water partition coefficient (Wildman–Crippen LogP) is 2.81. The average Bonchev–Trinajstić information content (AvgIpc) is 3.24. The molecule has 0 bridgehead atoms. The van der Waals surface area contributed by atoms with Crippen LogP contribution in [0, 0.1) is 0 Å². The first-order valence-electron chi connectivity index (χ1n) is 10.1. The van der Waals surface area contributed by atoms with Gasteiger partial charge >= 0.3 is 0 Å². The van der Waals surface area contributed by atoms with Gasteiger partial charge in [-0.15, -0.1) is 0 Å². The van der Waals surface area contributed by atoms with Gasteiger partial charge in [0.25, 0.3) is 0 Å². The third kappa shape index (κ3) is 7.39. The molecule has 1 heterocycles. The molecule has 2 N–H and O–H groups in total. The molecule has 0 aliphatic carbocycles. The number of nitrogens with one attached hydrogen (secondary N) is 2. The van der Waals surface area contributed by atoms with Gasteiger partial charge in [0.1, 0.15) is 5.75 Å². The van der Waals surface area contributed by atoms with E-state index in [4.69, 9.17) is 9.47 Å². The minimum absolute atomic E-state index is 0.346. The number of benzene rings is 1. The zero-order chi connectivity index (χ0) is 19.3. The number of unbranched alkanes of at least 4 members (excludes halogenated alkanes) is 2. The van der Waals surface area contributed by atoms with Crippen LogP contribution < -0.4 is 15.4 Å². The predicted molar refractivity (Wildman–Crippen MR) is 112 cm³/mol. The molecule has 0 spiro atoms. The lowest BCUT2D eigenvalue weighted by molar-refractivity contribution is 0.192. The fourth-order valence-corrected chi connectivity index (χ4v) is 3.51. The van der Waals surface area contributed by atoms with Crippen molar-refractivity contribution >= 4 is 5.96 Å². The van der Waals surface area contributed by atoms with Crippen LogP contribution in [0.15, 0.2) is 29.3 Å². The summed E-state index contributed by atoms with van der Waals surface area (Å²) in [5.74, 6) is 1.78. The Kier molecular flexibility index (Phi) is 10.0. The highest BCUT2D eigenvalue weighted by Gasteiger charge is 2.23. The Morgan fingerprint density at radius 3 is 2.44 bits per heavy atom. The van der Waals surface area contributed by atoms with E-state index in [1.54, 1.807) is 14.2 Å². The van der Waals surface area contributed by atoms with E-state index in [1.807, 2.05) is 19.2 Å². The Labute approximate surface area is 164 Å². The lowest BCUT2D eigenvalue weighted by Crippen LogP contribution is -2.43. The first kappa shape index (κ1) is 21.5. The molecule has 1 aromatic rings. The van der Waals surface area contributed by atoms with Crippen molar-refractivity contribution in [3.8, 4) is 5.75 Å². The largest absolute Gasteiger partial charge is 0.497 e. The quantitative estimate of drug-likeness (QED) is 0.353. The molecule has 1 saturated heterocycles. The van der Waals surface area contributed by atoms with E-state index in [0.29, 0.717) is 6.04 Å². The number of rotatable bonds is 11. The summed E-state index contributed by atoms with van der Waals surface area (Å²) in [6.45, 7) is 4.93. The highest BCUT2D eigenvalue weighted by Crippen LogP contribution is 2.26. The van der Waals surface area contributed by atoms with Crippen LogP contribution in [0.4, 0.5) is 0 Å². The Hall–Kier alpha value is -1.79. The van der Waals surface area contributed by atoms with E-state index in [9.17, 15) is 0 Å². The number of guanidine groups is 1. The monoisotopic (exact) mass is 376 g/mol. The molecular weight excluding hydrogens is 340 g/mol. The highest BCUT2D eigenvalue weighted by atomic mass is 16.5. The molecular formula is C21H36N4O2. The van der Waals surface area contributed by atoms with Crippen molar-refractivity contribution in [2.75, 3.05) is 54.1 Å². The smallest absolute Gasteiger partial charge is 0.191 e. The minimum atomic E-state index is 0.346. The number of hydrogen-bond donors (Lipinski definition) is 2. The summed E-state index contributed by atoms with van der Waals surface area (Å²) in [5, 5.41) is 6.94. The number of hydrogen-bond acceptors (Lipinski definition) is 4. The van der Waals surface area contributed by atoms with Crippen LogP contribution in [-0.4, -0.2) is 64.9 Å². The fourth-order valence-electron chi connectivity index (χ4n) is 3.51. The Morgan fingerprint density at radius 1 is 1.07 bits per heavy atom. The molecule has 152 valence electrons. The van der Waals surface area contributed by atoms with Crippen LogP contribution in [0.3, 0.4) is 0 Å². The fraction of sp³-hybridized carbons (Fsp3) is 0.667. The summed E-state index contributed by atoms with van der Waals surface area (Å²) >= 11 is 0. The summed E-state index contributed by atoms with van der Waals surface area (Å²) in [4.78, 5) is 6.94. The lowest BCUT2D eigenvalue weighted by atomic mass is 10.1. The topological polar surface area (TPSA) is 58.1 Å². The molecule has 0 saturated carbocycles. The van der Waals surface area contributed by atoms with Crippen molar-refractivity contribution in [3.05, 3.63) is 29.8 Å². The van der Waals surface area contributed by atoms with Gasteiger partial charge in [0.05, 0.1) is 13.2 Å². The van der Waals surface area contributed by atoms with Crippen molar-refractivity contribution in [1.82, 2.24) is 15.5 Å². The van der Waals surface area contributed by atoms with Crippen LogP contribution in [0.1, 0.15) is 43.7 Å². The van der Waals surface area contributed by atoms with Crippen molar-refractivity contribution in [1.29, 1.82) is 0 Å². The van der Waals surface area contributed by atoms with Gasteiger partial charge in [0.2, 0.25) is 0 Å². The van der Waals surface area contributed by atoms with E-state index < -0.39 is 0 Å². The van der Waals surface area contributed by atoms with Crippen LogP contribution in [0.25, 0.3) is 0 Å². The highest BCUT2D eigenvalue weighted by molar-refractivity contribution is 5.79. The van der Waals surface area contributed by atoms with Crippen LogP contribution in [0.2, 0.25) is 0 Å². The molecule has 2 rings (SSSR count).